The second-order valence-corrected chi connectivity index (χ2v) is 3.57. The summed E-state index contributed by atoms with van der Waals surface area (Å²) in [5, 5.41) is 14.3. The SMILES string of the molecule is O=C(Nc1nocc1C(=O)O)OCc1ccccc1. The van der Waals surface area contributed by atoms with Crippen LogP contribution in [0.2, 0.25) is 0 Å². The van der Waals surface area contributed by atoms with E-state index >= 15 is 0 Å². The molecule has 7 heteroatoms. The third-order valence-corrected chi connectivity index (χ3v) is 2.23. The summed E-state index contributed by atoms with van der Waals surface area (Å²) in [6, 6.07) is 9.07. The highest BCUT2D eigenvalue weighted by Gasteiger charge is 2.17. The molecule has 1 aromatic carbocycles. The average molecular weight is 262 g/mol. The number of anilines is 1. The van der Waals surface area contributed by atoms with E-state index in [2.05, 4.69) is 15.0 Å². The van der Waals surface area contributed by atoms with Crippen molar-refractivity contribution in [2.24, 2.45) is 0 Å². The van der Waals surface area contributed by atoms with Crippen molar-refractivity contribution in [1.82, 2.24) is 5.16 Å². The summed E-state index contributed by atoms with van der Waals surface area (Å²) in [7, 11) is 0. The minimum Gasteiger partial charge on any atom is -0.477 e. The molecule has 1 amide bonds. The van der Waals surface area contributed by atoms with Crippen molar-refractivity contribution in [3.8, 4) is 0 Å². The van der Waals surface area contributed by atoms with E-state index in [1.54, 1.807) is 12.1 Å². The second-order valence-electron chi connectivity index (χ2n) is 3.57. The van der Waals surface area contributed by atoms with E-state index in [1.165, 1.54) is 0 Å². The Morgan fingerprint density at radius 2 is 2.05 bits per heavy atom. The number of carbonyl (C=O) groups excluding carboxylic acids is 1. The molecule has 0 fully saturated rings. The van der Waals surface area contributed by atoms with Crippen LogP contribution in [0, 0.1) is 0 Å². The number of nitrogens with one attached hydrogen (secondary N) is 1. The van der Waals surface area contributed by atoms with Gasteiger partial charge in [-0.1, -0.05) is 35.5 Å². The van der Waals surface area contributed by atoms with Crippen molar-refractivity contribution in [3.63, 3.8) is 0 Å². The van der Waals surface area contributed by atoms with Crippen LogP contribution in [0.3, 0.4) is 0 Å². The van der Waals surface area contributed by atoms with E-state index in [0.29, 0.717) is 0 Å². The lowest BCUT2D eigenvalue weighted by Gasteiger charge is -2.05. The van der Waals surface area contributed by atoms with Gasteiger partial charge >= 0.3 is 12.1 Å². The largest absolute Gasteiger partial charge is 0.477 e. The third kappa shape index (κ3) is 3.32. The molecule has 0 bridgehead atoms. The number of amides is 1. The summed E-state index contributed by atoms with van der Waals surface area (Å²) < 4.78 is 9.38. The number of benzene rings is 1. The minimum atomic E-state index is -1.25. The molecule has 0 atom stereocenters. The normalized spacial score (nSPS) is 9.89. The quantitative estimate of drug-likeness (QED) is 0.875. The number of ether oxygens (including phenoxy) is 1. The first-order valence-electron chi connectivity index (χ1n) is 5.32. The molecule has 19 heavy (non-hydrogen) atoms. The highest BCUT2D eigenvalue weighted by Crippen LogP contribution is 2.13. The van der Waals surface area contributed by atoms with Crippen molar-refractivity contribution in [2.45, 2.75) is 6.61 Å². The Bertz CT molecular complexity index is 579. The minimum absolute atomic E-state index is 0.0763. The van der Waals surface area contributed by atoms with Gasteiger partial charge in [-0.05, 0) is 5.56 Å². The summed E-state index contributed by atoms with van der Waals surface area (Å²) >= 11 is 0. The molecule has 1 heterocycles. The maximum Gasteiger partial charge on any atom is 0.413 e. The van der Waals surface area contributed by atoms with Gasteiger partial charge in [0.25, 0.3) is 0 Å². The predicted molar refractivity (Wildman–Crippen MR) is 63.7 cm³/mol. The first-order chi connectivity index (χ1) is 9.16. The highest BCUT2D eigenvalue weighted by molar-refractivity contribution is 5.96. The Labute approximate surface area is 107 Å². The smallest absolute Gasteiger partial charge is 0.413 e. The Balaban J connectivity index is 1.91. The summed E-state index contributed by atoms with van der Waals surface area (Å²) in [5.41, 5.74) is 0.577. The number of nitrogens with zero attached hydrogens (tertiary/aromatic N) is 1. The number of carboxylic acid groups (broad SMARTS) is 1. The van der Waals surface area contributed by atoms with Gasteiger partial charge in [0, 0.05) is 0 Å². The van der Waals surface area contributed by atoms with Crippen molar-refractivity contribution in [1.29, 1.82) is 0 Å². The van der Waals surface area contributed by atoms with E-state index in [4.69, 9.17) is 9.84 Å². The van der Waals surface area contributed by atoms with Crippen LogP contribution in [0.5, 0.6) is 0 Å². The molecule has 0 saturated heterocycles. The van der Waals surface area contributed by atoms with Crippen LogP contribution in [-0.2, 0) is 11.3 Å². The number of aromatic nitrogens is 1. The van der Waals surface area contributed by atoms with Crippen LogP contribution in [-0.4, -0.2) is 22.3 Å². The molecule has 7 nitrogen and oxygen atoms in total. The third-order valence-electron chi connectivity index (χ3n) is 2.23. The molecule has 0 aliphatic heterocycles. The fourth-order valence-corrected chi connectivity index (χ4v) is 1.33. The molecule has 0 unspecified atom stereocenters. The molecule has 1 aromatic heterocycles. The molecule has 0 radical (unpaired) electrons. The van der Waals surface area contributed by atoms with Crippen molar-refractivity contribution >= 4 is 17.9 Å². The number of aromatic carboxylic acids is 1. The van der Waals surface area contributed by atoms with E-state index in [1.807, 2.05) is 18.2 Å². The molecular weight excluding hydrogens is 252 g/mol. The average Bonchev–Trinajstić information content (AvgIpc) is 2.86. The van der Waals surface area contributed by atoms with Crippen LogP contribution < -0.4 is 5.32 Å². The lowest BCUT2D eigenvalue weighted by molar-refractivity contribution is 0.0697. The number of carbonyl (C=O) groups is 2. The molecule has 0 spiro atoms. The zero-order chi connectivity index (χ0) is 13.7. The molecule has 2 N–H and O–H groups in total. The second kappa shape index (κ2) is 5.67. The lowest BCUT2D eigenvalue weighted by atomic mass is 10.2. The van der Waals surface area contributed by atoms with Gasteiger partial charge in [0.15, 0.2) is 5.82 Å². The van der Waals surface area contributed by atoms with Gasteiger partial charge in [0.1, 0.15) is 18.4 Å². The molecule has 0 aliphatic rings. The Kier molecular flexibility index (Phi) is 3.77. The van der Waals surface area contributed by atoms with Crippen LogP contribution >= 0.6 is 0 Å². The Hall–Kier alpha value is -2.83. The molecule has 98 valence electrons. The number of carboxylic acids is 1. The maximum atomic E-state index is 11.5. The van der Waals surface area contributed by atoms with E-state index in [9.17, 15) is 9.59 Å². The van der Waals surface area contributed by atoms with Crippen LogP contribution in [0.1, 0.15) is 15.9 Å². The van der Waals surface area contributed by atoms with Crippen molar-refractivity contribution in [2.75, 3.05) is 5.32 Å². The molecular formula is C12H10N2O5. The van der Waals surface area contributed by atoms with Gasteiger partial charge in [-0.3, -0.25) is 5.32 Å². The van der Waals surface area contributed by atoms with E-state index < -0.39 is 12.1 Å². The summed E-state index contributed by atoms with van der Waals surface area (Å²) in [6.07, 6.45) is 0.120. The van der Waals surface area contributed by atoms with Gasteiger partial charge in [-0.25, -0.2) is 9.59 Å². The van der Waals surface area contributed by atoms with Gasteiger partial charge < -0.3 is 14.4 Å². The zero-order valence-corrected chi connectivity index (χ0v) is 9.70. The number of hydrogen-bond acceptors (Lipinski definition) is 5. The van der Waals surface area contributed by atoms with Crippen molar-refractivity contribution < 1.29 is 24.0 Å². The zero-order valence-electron chi connectivity index (χ0n) is 9.70. The summed E-state index contributed by atoms with van der Waals surface area (Å²) in [6.45, 7) is 0.0763. The lowest BCUT2D eigenvalue weighted by Crippen LogP contribution is -2.15. The monoisotopic (exact) mass is 262 g/mol. The van der Waals surface area contributed by atoms with Crippen LogP contribution in [0.4, 0.5) is 10.6 Å². The van der Waals surface area contributed by atoms with E-state index in [0.717, 1.165) is 11.8 Å². The van der Waals surface area contributed by atoms with Gasteiger partial charge in [0.05, 0.1) is 0 Å². The molecule has 0 aliphatic carbocycles. The van der Waals surface area contributed by atoms with Crippen LogP contribution in [0.25, 0.3) is 0 Å². The molecule has 0 saturated carbocycles. The number of rotatable bonds is 4. The predicted octanol–water partition coefficient (Wildman–Crippen LogP) is 2.12. The first kappa shape index (κ1) is 12.6. The standard InChI is InChI=1S/C12H10N2O5/c15-11(16)9-7-19-14-10(9)13-12(17)18-6-8-4-2-1-3-5-8/h1-5,7H,6H2,(H,15,16)(H,13,14,17). The van der Waals surface area contributed by atoms with Gasteiger partial charge in [-0.15, -0.1) is 0 Å². The fraction of sp³-hybridized carbons (Fsp3) is 0.0833. The maximum absolute atomic E-state index is 11.5. The topological polar surface area (TPSA) is 102 Å². The Morgan fingerprint density at radius 3 is 2.74 bits per heavy atom. The van der Waals surface area contributed by atoms with Crippen LogP contribution in [0.15, 0.2) is 41.1 Å². The fourth-order valence-electron chi connectivity index (χ4n) is 1.33. The Morgan fingerprint density at radius 1 is 1.32 bits per heavy atom. The molecule has 2 aromatic rings. The molecule has 2 rings (SSSR count). The van der Waals surface area contributed by atoms with Gasteiger partial charge in [0.2, 0.25) is 0 Å². The summed E-state index contributed by atoms with van der Waals surface area (Å²) in [4.78, 5) is 22.2. The number of hydrogen-bond donors (Lipinski definition) is 2. The van der Waals surface area contributed by atoms with E-state index in [-0.39, 0.29) is 18.0 Å². The first-order valence-corrected chi connectivity index (χ1v) is 5.32. The highest BCUT2D eigenvalue weighted by atomic mass is 16.5. The summed E-state index contributed by atoms with van der Waals surface area (Å²) in [5.74, 6) is -1.44. The van der Waals surface area contributed by atoms with Crippen molar-refractivity contribution in [3.05, 3.63) is 47.7 Å². The van der Waals surface area contributed by atoms with Gasteiger partial charge in [-0.2, -0.15) is 0 Å².